The highest BCUT2D eigenvalue weighted by Crippen LogP contribution is 2.12. The fourth-order valence-electron chi connectivity index (χ4n) is 7.42. The number of esters is 3. The molecule has 0 aliphatic carbocycles. The van der Waals surface area contributed by atoms with Crippen molar-refractivity contribution >= 4 is 17.9 Å². The topological polar surface area (TPSA) is 78.9 Å². The van der Waals surface area contributed by atoms with Crippen LogP contribution < -0.4 is 0 Å². The average molecular weight is 1060 g/mol. The zero-order valence-corrected chi connectivity index (χ0v) is 48.9. The van der Waals surface area contributed by atoms with Gasteiger partial charge in [-0.25, -0.2) is 0 Å². The van der Waals surface area contributed by atoms with Gasteiger partial charge in [-0.15, -0.1) is 0 Å². The smallest absolute Gasteiger partial charge is 0.306 e. The van der Waals surface area contributed by atoms with Crippen molar-refractivity contribution in [1.29, 1.82) is 0 Å². The van der Waals surface area contributed by atoms with Crippen LogP contribution in [-0.4, -0.2) is 37.2 Å². The highest BCUT2D eigenvalue weighted by molar-refractivity contribution is 5.71. The van der Waals surface area contributed by atoms with Crippen molar-refractivity contribution in [3.05, 3.63) is 182 Å². The summed E-state index contributed by atoms with van der Waals surface area (Å²) in [6, 6.07) is 0. The van der Waals surface area contributed by atoms with E-state index in [1.54, 1.807) is 0 Å². The Balaban J connectivity index is 4.65. The van der Waals surface area contributed by atoms with Gasteiger partial charge in [0, 0.05) is 19.3 Å². The van der Waals surface area contributed by atoms with Crippen LogP contribution in [0.3, 0.4) is 0 Å². The van der Waals surface area contributed by atoms with Gasteiger partial charge >= 0.3 is 17.9 Å². The molecule has 6 heteroatoms. The first kappa shape index (κ1) is 71.5. The van der Waals surface area contributed by atoms with Crippen molar-refractivity contribution in [2.24, 2.45) is 0 Å². The predicted molar refractivity (Wildman–Crippen MR) is 334 cm³/mol. The third-order valence-corrected chi connectivity index (χ3v) is 11.9. The van der Waals surface area contributed by atoms with Gasteiger partial charge in [0.2, 0.25) is 0 Å². The molecule has 1 atom stereocenters. The number of unbranched alkanes of at least 4 members (excludes halogenated alkanes) is 11. The average Bonchev–Trinajstić information content (AvgIpc) is 3.43. The van der Waals surface area contributed by atoms with E-state index in [1.807, 2.05) is 12.2 Å². The Morgan fingerprint density at radius 3 is 0.870 bits per heavy atom. The molecular formula is C71H108O6. The van der Waals surface area contributed by atoms with Gasteiger partial charge in [0.25, 0.3) is 0 Å². The molecule has 0 fully saturated rings. The summed E-state index contributed by atoms with van der Waals surface area (Å²) in [5.74, 6) is -1.09. The minimum Gasteiger partial charge on any atom is -0.462 e. The van der Waals surface area contributed by atoms with Crippen LogP contribution in [0.15, 0.2) is 182 Å². The second kappa shape index (κ2) is 63.0. The molecule has 1 unspecified atom stereocenters. The second-order valence-corrected chi connectivity index (χ2v) is 19.1. The third-order valence-electron chi connectivity index (χ3n) is 11.9. The molecule has 0 bridgehead atoms. The van der Waals surface area contributed by atoms with Crippen molar-refractivity contribution in [2.45, 2.75) is 232 Å². The van der Waals surface area contributed by atoms with Gasteiger partial charge in [-0.2, -0.15) is 0 Å². The molecule has 0 aliphatic heterocycles. The summed E-state index contributed by atoms with van der Waals surface area (Å²) < 4.78 is 16.8. The first-order chi connectivity index (χ1) is 38.0. The van der Waals surface area contributed by atoms with Crippen LogP contribution in [-0.2, 0) is 28.6 Å². The zero-order valence-electron chi connectivity index (χ0n) is 48.9. The van der Waals surface area contributed by atoms with E-state index in [2.05, 4.69) is 191 Å². The molecule has 0 radical (unpaired) electrons. The molecular weight excluding hydrogens is 949 g/mol. The monoisotopic (exact) mass is 1060 g/mol. The SMILES string of the molecule is CC/C=C\C/C=C\C/C=C\C/C=C\C/C=C\C/C=C\CCCCC(=O)OCC(COC(=O)CCCCCCCC/C=C\C/C=C\C/C=C\CCCCC)OC(=O)CC/C=C\C/C=C\C/C=C\C/C=C\C/C=C\C/C=C\CC. The van der Waals surface area contributed by atoms with E-state index in [1.165, 1.54) is 38.5 Å². The van der Waals surface area contributed by atoms with Crippen LogP contribution in [0.1, 0.15) is 226 Å². The Morgan fingerprint density at radius 1 is 0.273 bits per heavy atom. The Labute approximate surface area is 472 Å². The second-order valence-electron chi connectivity index (χ2n) is 19.1. The molecule has 0 aromatic rings. The Bertz CT molecular complexity index is 1840. The van der Waals surface area contributed by atoms with Crippen LogP contribution in [0.4, 0.5) is 0 Å². The molecule has 77 heavy (non-hydrogen) atoms. The van der Waals surface area contributed by atoms with Crippen LogP contribution in [0, 0.1) is 0 Å². The van der Waals surface area contributed by atoms with Gasteiger partial charge < -0.3 is 14.2 Å². The number of rotatable bonds is 52. The Kier molecular flexibility index (Phi) is 58.6. The quantitative estimate of drug-likeness (QED) is 0.0261. The number of allylic oxidation sites excluding steroid dienone is 30. The van der Waals surface area contributed by atoms with Crippen molar-refractivity contribution in [1.82, 2.24) is 0 Å². The van der Waals surface area contributed by atoms with E-state index in [4.69, 9.17) is 14.2 Å². The van der Waals surface area contributed by atoms with Gasteiger partial charge in [0.15, 0.2) is 6.10 Å². The highest BCUT2D eigenvalue weighted by Gasteiger charge is 2.19. The van der Waals surface area contributed by atoms with E-state index in [-0.39, 0.29) is 38.0 Å². The van der Waals surface area contributed by atoms with Crippen molar-refractivity contribution < 1.29 is 28.6 Å². The third kappa shape index (κ3) is 61.2. The number of hydrogen-bond donors (Lipinski definition) is 0. The lowest BCUT2D eigenvalue weighted by Crippen LogP contribution is -2.30. The molecule has 0 aromatic heterocycles. The molecule has 428 valence electrons. The van der Waals surface area contributed by atoms with E-state index >= 15 is 0 Å². The summed E-state index contributed by atoms with van der Waals surface area (Å²) in [5.41, 5.74) is 0. The van der Waals surface area contributed by atoms with Gasteiger partial charge in [-0.05, 0) is 148 Å². The maximum atomic E-state index is 12.9. The number of ether oxygens (including phenoxy) is 3. The first-order valence-electron chi connectivity index (χ1n) is 30.3. The Hall–Kier alpha value is -5.49. The lowest BCUT2D eigenvalue weighted by atomic mass is 10.1. The van der Waals surface area contributed by atoms with E-state index < -0.39 is 12.1 Å². The predicted octanol–water partition coefficient (Wildman–Crippen LogP) is 20.9. The van der Waals surface area contributed by atoms with E-state index in [0.29, 0.717) is 19.3 Å². The normalized spacial score (nSPS) is 13.4. The number of carbonyl (C=O) groups is 3. The van der Waals surface area contributed by atoms with Gasteiger partial charge in [-0.1, -0.05) is 242 Å². The molecule has 0 heterocycles. The maximum absolute atomic E-state index is 12.9. The maximum Gasteiger partial charge on any atom is 0.306 e. The molecule has 6 nitrogen and oxygen atoms in total. The van der Waals surface area contributed by atoms with Gasteiger partial charge in [-0.3, -0.25) is 14.4 Å². The summed E-state index contributed by atoms with van der Waals surface area (Å²) in [4.78, 5) is 38.2. The van der Waals surface area contributed by atoms with Crippen LogP contribution in [0.2, 0.25) is 0 Å². The van der Waals surface area contributed by atoms with Crippen molar-refractivity contribution in [3.63, 3.8) is 0 Å². The minimum absolute atomic E-state index is 0.139. The van der Waals surface area contributed by atoms with Gasteiger partial charge in [0.1, 0.15) is 13.2 Å². The van der Waals surface area contributed by atoms with Gasteiger partial charge in [0.05, 0.1) is 0 Å². The first-order valence-corrected chi connectivity index (χ1v) is 30.3. The molecule has 0 aliphatic rings. The summed E-state index contributed by atoms with van der Waals surface area (Å²) in [5, 5.41) is 0. The molecule has 0 amide bonds. The molecule has 0 spiro atoms. The zero-order chi connectivity index (χ0) is 55.7. The number of hydrogen-bond acceptors (Lipinski definition) is 6. The molecule has 0 aromatic carbocycles. The van der Waals surface area contributed by atoms with E-state index in [9.17, 15) is 14.4 Å². The molecule has 0 saturated heterocycles. The van der Waals surface area contributed by atoms with E-state index in [0.717, 1.165) is 135 Å². The van der Waals surface area contributed by atoms with Crippen LogP contribution in [0.5, 0.6) is 0 Å². The summed E-state index contributed by atoms with van der Waals surface area (Å²) in [6.45, 7) is 6.26. The van der Waals surface area contributed by atoms with Crippen molar-refractivity contribution in [2.75, 3.05) is 13.2 Å². The van der Waals surface area contributed by atoms with Crippen LogP contribution >= 0.6 is 0 Å². The molecule has 0 saturated carbocycles. The summed E-state index contributed by atoms with van der Waals surface area (Å²) in [6.07, 6.45) is 94.6. The fraction of sp³-hybridized carbons (Fsp3) is 0.535. The largest absolute Gasteiger partial charge is 0.462 e. The lowest BCUT2D eigenvalue weighted by Gasteiger charge is -2.18. The van der Waals surface area contributed by atoms with Crippen LogP contribution in [0.25, 0.3) is 0 Å². The van der Waals surface area contributed by atoms with Crippen molar-refractivity contribution in [3.8, 4) is 0 Å². The summed E-state index contributed by atoms with van der Waals surface area (Å²) in [7, 11) is 0. The fourth-order valence-corrected chi connectivity index (χ4v) is 7.42. The molecule has 0 N–H and O–H groups in total. The minimum atomic E-state index is -0.855. The Morgan fingerprint density at radius 2 is 0.532 bits per heavy atom. The molecule has 0 rings (SSSR count). The standard InChI is InChI=1S/C71H108O6/c1-4-7-10-13-16-19-22-25-28-31-34-35-38-40-43-46-49-52-55-58-61-64-70(73)76-67-68(77-71(74)65-62-59-56-53-50-47-44-41-37-33-30-27-24-21-18-15-12-9-6-3)66-75-69(72)63-60-57-54-51-48-45-42-39-36-32-29-26-23-20-17-14-11-8-5-2/h7,9-10,12,16-21,25-30,34-37,39-41,43,47,49-50,52,56,59,68H,4-6,8,11,13-15,22-24,31-33,38,42,44-46,48,51,53-55,57-58,60-67H2,1-3H3/b10-7-,12-9-,19-16-,20-17-,21-18-,28-25-,29-26-,30-27-,35-34-,39-36-,41-37-,43-40-,50-47-,52-49-,59-56-. The number of carbonyl (C=O) groups excluding carboxylic acids is 3. The lowest BCUT2D eigenvalue weighted by molar-refractivity contribution is -0.166. The summed E-state index contributed by atoms with van der Waals surface area (Å²) >= 11 is 0. The highest BCUT2D eigenvalue weighted by atomic mass is 16.6.